The fraction of sp³-hybridized carbons (Fsp3) is 0.636. The summed E-state index contributed by atoms with van der Waals surface area (Å²) in [7, 11) is 0. The Hall–Kier alpha value is -0.740. The first-order valence-corrected chi connectivity index (χ1v) is 6.18. The predicted molar refractivity (Wildman–Crippen MR) is 65.0 cm³/mol. The minimum absolute atomic E-state index is 0.288. The molecule has 0 aromatic carbocycles. The van der Waals surface area contributed by atoms with Crippen molar-refractivity contribution < 1.29 is 0 Å². The zero-order chi connectivity index (χ0) is 11.1. The van der Waals surface area contributed by atoms with Crippen LogP contribution in [-0.4, -0.2) is 15.3 Å². The first-order chi connectivity index (χ1) is 7.27. The lowest BCUT2D eigenvalue weighted by Gasteiger charge is -2.16. The predicted octanol–water partition coefficient (Wildman–Crippen LogP) is 2.94. The molecule has 0 saturated carbocycles. The molecule has 84 valence electrons. The Bertz CT molecular complexity index is 282. The first-order valence-electron chi connectivity index (χ1n) is 5.45. The molecule has 0 saturated heterocycles. The van der Waals surface area contributed by atoms with E-state index in [4.69, 9.17) is 0 Å². The highest BCUT2D eigenvalue weighted by molar-refractivity contribution is 6.99. The summed E-state index contributed by atoms with van der Waals surface area (Å²) in [6, 6.07) is 0.288. The third-order valence-electron chi connectivity index (χ3n) is 2.37. The molecule has 0 bridgehead atoms. The molecule has 0 radical (unpaired) electrons. The number of nitrogens with zero attached hydrogens (tertiary/aromatic N) is 2. The summed E-state index contributed by atoms with van der Waals surface area (Å²) in [6.07, 6.45) is 4.97. The van der Waals surface area contributed by atoms with Gasteiger partial charge in [0, 0.05) is 0 Å². The lowest BCUT2D eigenvalue weighted by molar-refractivity contribution is 0.515. The van der Waals surface area contributed by atoms with Gasteiger partial charge in [0.05, 0.1) is 29.7 Å². The second kappa shape index (κ2) is 6.69. The highest BCUT2D eigenvalue weighted by Gasteiger charge is 2.13. The van der Waals surface area contributed by atoms with Crippen molar-refractivity contribution in [1.82, 2.24) is 14.1 Å². The van der Waals surface area contributed by atoms with Crippen molar-refractivity contribution in [3.63, 3.8) is 0 Å². The van der Waals surface area contributed by atoms with Crippen molar-refractivity contribution in [3.8, 4) is 0 Å². The van der Waals surface area contributed by atoms with Gasteiger partial charge in [-0.05, 0) is 25.8 Å². The lowest BCUT2D eigenvalue weighted by atomic mass is 10.0. The quantitative estimate of drug-likeness (QED) is 0.725. The summed E-state index contributed by atoms with van der Waals surface area (Å²) in [5, 5.41) is 3.48. The van der Waals surface area contributed by atoms with Gasteiger partial charge in [0.25, 0.3) is 0 Å². The van der Waals surface area contributed by atoms with Crippen LogP contribution in [0, 0.1) is 0 Å². The number of nitrogens with one attached hydrogen (secondary N) is 1. The van der Waals surface area contributed by atoms with Crippen molar-refractivity contribution >= 4 is 11.7 Å². The van der Waals surface area contributed by atoms with Crippen LogP contribution in [0.3, 0.4) is 0 Å². The molecule has 4 heteroatoms. The van der Waals surface area contributed by atoms with Gasteiger partial charge in [0.2, 0.25) is 0 Å². The minimum atomic E-state index is 0.288. The van der Waals surface area contributed by atoms with E-state index < -0.39 is 0 Å². The molecule has 0 amide bonds. The Morgan fingerprint density at radius 3 is 2.93 bits per heavy atom. The number of hydrogen-bond donors (Lipinski definition) is 1. The van der Waals surface area contributed by atoms with E-state index in [1.807, 2.05) is 6.20 Å². The standard InChI is InChI=1S/C11H19N3S/c1-4-6-12-10(7-9(3)5-2)11-8-13-15-14-11/h8,10,12H,3-7H2,1-2H3. The summed E-state index contributed by atoms with van der Waals surface area (Å²) in [5.74, 6) is 0. The van der Waals surface area contributed by atoms with Gasteiger partial charge in [0.15, 0.2) is 0 Å². The Morgan fingerprint density at radius 2 is 2.40 bits per heavy atom. The summed E-state index contributed by atoms with van der Waals surface area (Å²) < 4.78 is 8.33. The molecule has 0 fully saturated rings. The maximum absolute atomic E-state index is 4.28. The van der Waals surface area contributed by atoms with Crippen LogP contribution in [0.5, 0.6) is 0 Å². The maximum atomic E-state index is 4.28. The smallest absolute Gasteiger partial charge is 0.0915 e. The van der Waals surface area contributed by atoms with Crippen LogP contribution >= 0.6 is 11.7 Å². The van der Waals surface area contributed by atoms with Crippen LogP contribution in [0.4, 0.5) is 0 Å². The van der Waals surface area contributed by atoms with Crippen molar-refractivity contribution in [2.75, 3.05) is 6.54 Å². The van der Waals surface area contributed by atoms with Gasteiger partial charge in [-0.1, -0.05) is 26.0 Å². The summed E-state index contributed by atoms with van der Waals surface area (Å²) in [5.41, 5.74) is 2.31. The van der Waals surface area contributed by atoms with Gasteiger partial charge in [-0.3, -0.25) is 0 Å². The average molecular weight is 225 g/mol. The zero-order valence-electron chi connectivity index (χ0n) is 9.49. The van der Waals surface area contributed by atoms with E-state index >= 15 is 0 Å². The average Bonchev–Trinajstić information content (AvgIpc) is 2.77. The molecule has 1 atom stereocenters. The third-order valence-corrected chi connectivity index (χ3v) is 2.86. The second-order valence-corrected chi connectivity index (χ2v) is 4.20. The SMILES string of the molecule is C=C(CC)CC(NCCC)c1cnsn1. The van der Waals surface area contributed by atoms with Gasteiger partial charge in [-0.25, -0.2) is 0 Å². The van der Waals surface area contributed by atoms with Crippen LogP contribution in [0.25, 0.3) is 0 Å². The highest BCUT2D eigenvalue weighted by Crippen LogP contribution is 2.20. The summed E-state index contributed by atoms with van der Waals surface area (Å²) in [4.78, 5) is 0. The monoisotopic (exact) mass is 225 g/mol. The molecule has 1 heterocycles. The van der Waals surface area contributed by atoms with E-state index in [-0.39, 0.29) is 6.04 Å². The van der Waals surface area contributed by atoms with E-state index in [2.05, 4.69) is 34.5 Å². The summed E-state index contributed by atoms with van der Waals surface area (Å²) in [6.45, 7) is 9.36. The molecule has 1 unspecified atom stereocenters. The highest BCUT2D eigenvalue weighted by atomic mass is 32.1. The number of aromatic nitrogens is 2. The van der Waals surface area contributed by atoms with Gasteiger partial charge >= 0.3 is 0 Å². The van der Waals surface area contributed by atoms with E-state index in [1.54, 1.807) is 0 Å². The maximum Gasteiger partial charge on any atom is 0.0915 e. The molecular weight excluding hydrogens is 206 g/mol. The molecule has 0 aliphatic carbocycles. The fourth-order valence-electron chi connectivity index (χ4n) is 1.36. The zero-order valence-corrected chi connectivity index (χ0v) is 10.3. The molecule has 1 N–H and O–H groups in total. The molecule has 0 aliphatic heterocycles. The molecule has 0 aliphatic rings. The van der Waals surface area contributed by atoms with Crippen LogP contribution < -0.4 is 5.32 Å². The molecule has 1 rings (SSSR count). The molecule has 1 aromatic rings. The van der Waals surface area contributed by atoms with Crippen molar-refractivity contribution in [2.24, 2.45) is 0 Å². The molecule has 1 aromatic heterocycles. The van der Waals surface area contributed by atoms with Crippen LogP contribution in [0.2, 0.25) is 0 Å². The first kappa shape index (κ1) is 12.3. The Morgan fingerprint density at radius 1 is 1.60 bits per heavy atom. The Labute approximate surface area is 95.9 Å². The van der Waals surface area contributed by atoms with E-state index in [0.29, 0.717) is 0 Å². The lowest BCUT2D eigenvalue weighted by Crippen LogP contribution is -2.22. The Kier molecular flexibility index (Phi) is 5.50. The largest absolute Gasteiger partial charge is 0.308 e. The Balaban J connectivity index is 2.57. The molecule has 15 heavy (non-hydrogen) atoms. The molecule has 3 nitrogen and oxygen atoms in total. The van der Waals surface area contributed by atoms with Gasteiger partial charge in [-0.15, -0.1) is 0 Å². The fourth-order valence-corrected chi connectivity index (χ4v) is 1.83. The second-order valence-electron chi connectivity index (χ2n) is 3.65. The minimum Gasteiger partial charge on any atom is -0.308 e. The van der Waals surface area contributed by atoms with E-state index in [0.717, 1.165) is 31.5 Å². The number of rotatable bonds is 7. The van der Waals surface area contributed by atoms with Crippen LogP contribution in [-0.2, 0) is 0 Å². The van der Waals surface area contributed by atoms with Crippen molar-refractivity contribution in [2.45, 2.75) is 39.2 Å². The molecule has 0 spiro atoms. The van der Waals surface area contributed by atoms with E-state index in [1.165, 1.54) is 17.3 Å². The van der Waals surface area contributed by atoms with Crippen molar-refractivity contribution in [1.29, 1.82) is 0 Å². The van der Waals surface area contributed by atoms with Gasteiger partial charge in [-0.2, -0.15) is 8.75 Å². The van der Waals surface area contributed by atoms with E-state index in [9.17, 15) is 0 Å². The normalized spacial score (nSPS) is 12.7. The van der Waals surface area contributed by atoms with Crippen molar-refractivity contribution in [3.05, 3.63) is 24.0 Å². The topological polar surface area (TPSA) is 37.8 Å². The van der Waals surface area contributed by atoms with Crippen LogP contribution in [0.1, 0.15) is 44.8 Å². The molecular formula is C11H19N3S. The van der Waals surface area contributed by atoms with Gasteiger partial charge < -0.3 is 5.32 Å². The summed E-state index contributed by atoms with van der Waals surface area (Å²) >= 11 is 1.27. The third kappa shape index (κ3) is 4.10. The van der Waals surface area contributed by atoms with Gasteiger partial charge in [0.1, 0.15) is 0 Å². The number of hydrogen-bond acceptors (Lipinski definition) is 4. The van der Waals surface area contributed by atoms with Crippen LogP contribution in [0.15, 0.2) is 18.3 Å².